The zero-order chi connectivity index (χ0) is 25.7. The smallest absolute Gasteiger partial charge is 0.295 e. The summed E-state index contributed by atoms with van der Waals surface area (Å²) < 4.78 is 11.0. The van der Waals surface area contributed by atoms with Crippen molar-refractivity contribution in [2.45, 2.75) is 39.3 Å². The predicted molar refractivity (Wildman–Crippen MR) is 127 cm³/mol. The molecule has 2 aromatic carbocycles. The molecule has 0 radical (unpaired) electrons. The number of carbonyl (C=O) groups is 2. The fourth-order valence-electron chi connectivity index (χ4n) is 3.91. The van der Waals surface area contributed by atoms with Gasteiger partial charge < -0.3 is 24.6 Å². The highest BCUT2D eigenvalue weighted by Crippen LogP contribution is 2.42. The molecular formula is C25H28N2O8. The van der Waals surface area contributed by atoms with E-state index in [9.17, 15) is 29.9 Å². The van der Waals surface area contributed by atoms with Gasteiger partial charge in [0.05, 0.1) is 29.2 Å². The van der Waals surface area contributed by atoms with Crippen molar-refractivity contribution in [3.05, 3.63) is 69.3 Å². The SMILES string of the molecule is CCOc1cc([C@@H]2C(=C(O)c3cccc([N+](=O)[O-])c3)C(=O)C(=O)N2CCCOC(C)C)ccc1O. The van der Waals surface area contributed by atoms with Gasteiger partial charge in [0, 0.05) is 30.8 Å². The van der Waals surface area contributed by atoms with Crippen LogP contribution in [0.5, 0.6) is 11.5 Å². The lowest BCUT2D eigenvalue weighted by Crippen LogP contribution is -2.31. The molecule has 0 spiro atoms. The fourth-order valence-corrected chi connectivity index (χ4v) is 3.91. The Kier molecular flexibility index (Phi) is 8.08. The second kappa shape index (κ2) is 11.0. The molecule has 1 atom stereocenters. The number of Topliss-reactive ketones (excluding diaryl/α,β-unsaturated/α-hetero) is 1. The molecule has 2 N–H and O–H groups in total. The van der Waals surface area contributed by atoms with E-state index in [1.54, 1.807) is 6.92 Å². The lowest BCUT2D eigenvalue weighted by atomic mass is 9.94. The first-order chi connectivity index (χ1) is 16.6. The summed E-state index contributed by atoms with van der Waals surface area (Å²) in [6.45, 7) is 6.32. The number of carbonyl (C=O) groups excluding carboxylic acids is 2. The molecule has 1 aliphatic heterocycles. The molecule has 1 saturated heterocycles. The number of hydrogen-bond acceptors (Lipinski definition) is 8. The molecule has 0 bridgehead atoms. The van der Waals surface area contributed by atoms with Crippen LogP contribution in [0, 0.1) is 10.1 Å². The first-order valence-corrected chi connectivity index (χ1v) is 11.3. The van der Waals surface area contributed by atoms with E-state index >= 15 is 0 Å². The van der Waals surface area contributed by atoms with E-state index in [0.29, 0.717) is 18.6 Å². The van der Waals surface area contributed by atoms with Gasteiger partial charge in [0.25, 0.3) is 17.4 Å². The molecule has 1 heterocycles. The lowest BCUT2D eigenvalue weighted by molar-refractivity contribution is -0.384. The van der Waals surface area contributed by atoms with Gasteiger partial charge in [-0.1, -0.05) is 18.2 Å². The largest absolute Gasteiger partial charge is 0.507 e. The summed E-state index contributed by atoms with van der Waals surface area (Å²) in [7, 11) is 0. The molecule has 35 heavy (non-hydrogen) atoms. The number of rotatable bonds is 10. The van der Waals surface area contributed by atoms with Crippen molar-refractivity contribution in [3.8, 4) is 11.5 Å². The average Bonchev–Trinajstić information content (AvgIpc) is 3.07. The summed E-state index contributed by atoms with van der Waals surface area (Å²) in [5.74, 6) is -2.19. The van der Waals surface area contributed by atoms with Gasteiger partial charge in [-0.25, -0.2) is 0 Å². The number of benzene rings is 2. The summed E-state index contributed by atoms with van der Waals surface area (Å²) in [5, 5.41) is 32.4. The van der Waals surface area contributed by atoms with Crippen molar-refractivity contribution < 1.29 is 34.2 Å². The number of amides is 1. The third-order valence-electron chi connectivity index (χ3n) is 5.46. The van der Waals surface area contributed by atoms with Gasteiger partial charge in [0.1, 0.15) is 5.76 Å². The summed E-state index contributed by atoms with van der Waals surface area (Å²) in [6, 6.07) is 8.64. The Balaban J connectivity index is 2.12. The quantitative estimate of drug-likeness (QED) is 0.129. The Morgan fingerprint density at radius 2 is 1.94 bits per heavy atom. The van der Waals surface area contributed by atoms with Gasteiger partial charge in [-0.05, 0) is 44.9 Å². The number of aromatic hydroxyl groups is 1. The maximum absolute atomic E-state index is 13.1. The van der Waals surface area contributed by atoms with Crippen molar-refractivity contribution in [3.63, 3.8) is 0 Å². The first-order valence-electron chi connectivity index (χ1n) is 11.3. The van der Waals surface area contributed by atoms with Crippen LogP contribution in [0.2, 0.25) is 0 Å². The number of aliphatic hydroxyl groups is 1. The van der Waals surface area contributed by atoms with Gasteiger partial charge >= 0.3 is 0 Å². The second-order valence-electron chi connectivity index (χ2n) is 8.23. The van der Waals surface area contributed by atoms with E-state index in [2.05, 4.69) is 0 Å². The summed E-state index contributed by atoms with van der Waals surface area (Å²) in [4.78, 5) is 38.0. The highest BCUT2D eigenvalue weighted by Gasteiger charge is 2.46. The number of ether oxygens (including phenoxy) is 2. The number of aliphatic hydroxyl groups excluding tert-OH is 1. The number of hydrogen-bond donors (Lipinski definition) is 2. The van der Waals surface area contributed by atoms with Crippen LogP contribution in [0.15, 0.2) is 48.0 Å². The van der Waals surface area contributed by atoms with E-state index in [1.807, 2.05) is 13.8 Å². The molecule has 0 aromatic heterocycles. The Bertz CT molecular complexity index is 1160. The van der Waals surface area contributed by atoms with Crippen LogP contribution in [0.3, 0.4) is 0 Å². The second-order valence-corrected chi connectivity index (χ2v) is 8.23. The van der Waals surface area contributed by atoms with Gasteiger partial charge in [0.2, 0.25) is 0 Å². The van der Waals surface area contributed by atoms with E-state index in [1.165, 1.54) is 41.3 Å². The number of nitrogens with zero attached hydrogens (tertiary/aromatic N) is 2. The lowest BCUT2D eigenvalue weighted by Gasteiger charge is -2.26. The normalized spacial score (nSPS) is 17.3. The molecule has 0 saturated carbocycles. The molecule has 1 amide bonds. The molecule has 2 aromatic rings. The maximum Gasteiger partial charge on any atom is 0.295 e. The molecule has 0 unspecified atom stereocenters. The molecular weight excluding hydrogens is 456 g/mol. The van der Waals surface area contributed by atoms with Gasteiger partial charge in [-0.15, -0.1) is 0 Å². The van der Waals surface area contributed by atoms with Gasteiger partial charge in [-0.2, -0.15) is 0 Å². The van der Waals surface area contributed by atoms with Crippen molar-refractivity contribution >= 4 is 23.1 Å². The van der Waals surface area contributed by atoms with E-state index in [-0.39, 0.29) is 47.6 Å². The third-order valence-corrected chi connectivity index (χ3v) is 5.46. The van der Waals surface area contributed by atoms with Crippen molar-refractivity contribution in [1.82, 2.24) is 4.90 Å². The Morgan fingerprint density at radius 1 is 1.20 bits per heavy atom. The van der Waals surface area contributed by atoms with Crippen LogP contribution in [0.25, 0.3) is 5.76 Å². The zero-order valence-electron chi connectivity index (χ0n) is 19.8. The van der Waals surface area contributed by atoms with Gasteiger partial charge in [-0.3, -0.25) is 19.7 Å². The van der Waals surface area contributed by atoms with Crippen molar-refractivity contribution in [2.75, 3.05) is 19.8 Å². The average molecular weight is 485 g/mol. The van der Waals surface area contributed by atoms with Crippen LogP contribution < -0.4 is 4.74 Å². The highest BCUT2D eigenvalue weighted by molar-refractivity contribution is 6.46. The fraction of sp³-hybridized carbons (Fsp3) is 0.360. The number of phenols is 1. The molecule has 10 nitrogen and oxygen atoms in total. The first kappa shape index (κ1) is 25.7. The third kappa shape index (κ3) is 5.60. The molecule has 0 aliphatic carbocycles. The highest BCUT2D eigenvalue weighted by atomic mass is 16.6. The molecule has 1 fully saturated rings. The zero-order valence-corrected chi connectivity index (χ0v) is 19.8. The molecule has 10 heteroatoms. The number of non-ortho nitro benzene ring substituents is 1. The van der Waals surface area contributed by atoms with Crippen LogP contribution >= 0.6 is 0 Å². The van der Waals surface area contributed by atoms with Crippen LogP contribution in [0.1, 0.15) is 44.4 Å². The van der Waals surface area contributed by atoms with E-state index in [4.69, 9.17) is 9.47 Å². The minimum Gasteiger partial charge on any atom is -0.507 e. The molecule has 186 valence electrons. The van der Waals surface area contributed by atoms with Crippen LogP contribution in [-0.2, 0) is 14.3 Å². The Morgan fingerprint density at radius 3 is 2.60 bits per heavy atom. The molecule has 1 aliphatic rings. The number of ketones is 1. The Hall–Kier alpha value is -3.92. The number of nitro groups is 1. The van der Waals surface area contributed by atoms with Crippen molar-refractivity contribution in [2.24, 2.45) is 0 Å². The topological polar surface area (TPSA) is 139 Å². The summed E-state index contributed by atoms with van der Waals surface area (Å²) >= 11 is 0. The number of likely N-dealkylation sites (tertiary alicyclic amines) is 1. The monoisotopic (exact) mass is 484 g/mol. The van der Waals surface area contributed by atoms with E-state index in [0.717, 1.165) is 6.07 Å². The van der Waals surface area contributed by atoms with Crippen molar-refractivity contribution in [1.29, 1.82) is 0 Å². The minimum absolute atomic E-state index is 0.000861. The predicted octanol–water partition coefficient (Wildman–Crippen LogP) is 3.94. The number of phenolic OH excluding ortho intramolecular Hbond substituents is 1. The standard InChI is InChI=1S/C25H28N2O8/c1-4-34-20-14-16(9-10-19(20)28)22-21(23(29)17-7-5-8-18(13-17)27(32)33)24(30)25(31)26(22)11-6-12-35-15(2)3/h5,7-10,13-15,22,28-29H,4,6,11-12H2,1-3H3/t22-/m1/s1. The summed E-state index contributed by atoms with van der Waals surface area (Å²) in [5.41, 5.74) is -0.00120. The summed E-state index contributed by atoms with van der Waals surface area (Å²) in [6.07, 6.45) is 0.440. The van der Waals surface area contributed by atoms with Crippen LogP contribution in [0.4, 0.5) is 5.69 Å². The maximum atomic E-state index is 13.1. The molecule has 3 rings (SSSR count). The van der Waals surface area contributed by atoms with Gasteiger partial charge in [0.15, 0.2) is 11.5 Å². The Labute approximate surface area is 202 Å². The minimum atomic E-state index is -0.992. The number of nitro benzene ring substituents is 1. The van der Waals surface area contributed by atoms with Crippen LogP contribution in [-0.4, -0.2) is 57.6 Å². The van der Waals surface area contributed by atoms with E-state index < -0.39 is 28.4 Å².